The maximum atomic E-state index is 6.12. The minimum atomic E-state index is 0.286. The normalized spacial score (nSPS) is 19.4. The zero-order valence-electron chi connectivity index (χ0n) is 21.5. The Kier molecular flexibility index (Phi) is 7.75. The highest BCUT2D eigenvalue weighted by molar-refractivity contribution is 14.1. The van der Waals surface area contributed by atoms with Crippen LogP contribution in [-0.2, 0) is 6.61 Å². The molecule has 196 valence electrons. The monoisotopic (exact) mass is 690 g/mol. The van der Waals surface area contributed by atoms with Gasteiger partial charge in [-0.05, 0) is 99.6 Å². The molecule has 6 rings (SSSR count). The van der Waals surface area contributed by atoms with Gasteiger partial charge in [0.05, 0.1) is 22.4 Å². The molecule has 0 saturated carbocycles. The number of benzene rings is 4. The van der Waals surface area contributed by atoms with Crippen molar-refractivity contribution in [3.8, 4) is 11.5 Å². The average molecular weight is 691 g/mol. The molecule has 39 heavy (non-hydrogen) atoms. The molecule has 0 amide bonds. The van der Waals surface area contributed by atoms with Crippen LogP contribution in [0.15, 0.2) is 107 Å². The summed E-state index contributed by atoms with van der Waals surface area (Å²) in [7, 11) is 1.67. The largest absolute Gasteiger partial charge is 0.493 e. The molecule has 0 radical (unpaired) electrons. The number of methoxy groups -OCH3 is 1. The van der Waals surface area contributed by atoms with Crippen LogP contribution < -0.4 is 14.8 Å². The third-order valence-corrected chi connectivity index (χ3v) is 8.77. The second-order valence-corrected chi connectivity index (χ2v) is 11.9. The zero-order valence-corrected chi connectivity index (χ0v) is 25.2. The van der Waals surface area contributed by atoms with Gasteiger partial charge >= 0.3 is 0 Å². The van der Waals surface area contributed by atoms with E-state index in [4.69, 9.17) is 14.5 Å². The molecule has 0 aromatic heterocycles. The van der Waals surface area contributed by atoms with Gasteiger partial charge in [-0.2, -0.15) is 0 Å². The number of hydrogen-bond donors (Lipinski definition) is 1. The fourth-order valence-corrected chi connectivity index (χ4v) is 6.53. The minimum Gasteiger partial charge on any atom is -0.493 e. The highest BCUT2D eigenvalue weighted by atomic mass is 127. The summed E-state index contributed by atoms with van der Waals surface area (Å²) < 4.78 is 13.8. The Morgan fingerprint density at radius 3 is 2.62 bits per heavy atom. The van der Waals surface area contributed by atoms with Gasteiger partial charge in [-0.3, -0.25) is 4.99 Å². The van der Waals surface area contributed by atoms with E-state index in [-0.39, 0.29) is 6.04 Å². The molecule has 0 saturated heterocycles. The molecule has 0 bridgehead atoms. The van der Waals surface area contributed by atoms with Crippen molar-refractivity contribution in [2.45, 2.75) is 25.0 Å². The first kappa shape index (κ1) is 26.1. The minimum absolute atomic E-state index is 0.286. The lowest BCUT2D eigenvalue weighted by molar-refractivity contribution is 0.282. The number of anilines is 1. The van der Waals surface area contributed by atoms with Gasteiger partial charge in [0.1, 0.15) is 6.61 Å². The van der Waals surface area contributed by atoms with E-state index in [1.807, 2.05) is 36.5 Å². The number of fused-ring (bicyclic) bond motifs is 3. The second kappa shape index (κ2) is 11.6. The first-order chi connectivity index (χ1) is 19.1. The van der Waals surface area contributed by atoms with E-state index < -0.39 is 0 Å². The Morgan fingerprint density at radius 1 is 1.03 bits per heavy atom. The fourth-order valence-electron chi connectivity index (χ4n) is 5.48. The molecular formula is C33H28BrIN2O2. The van der Waals surface area contributed by atoms with Crippen molar-refractivity contribution in [3.05, 3.63) is 127 Å². The number of ether oxygens (including phenoxy) is 2. The first-order valence-electron chi connectivity index (χ1n) is 13.0. The number of halogens is 2. The smallest absolute Gasteiger partial charge is 0.174 e. The van der Waals surface area contributed by atoms with E-state index in [0.717, 1.165) is 37.0 Å². The Hall–Kier alpha value is -3.10. The highest BCUT2D eigenvalue weighted by Gasteiger charge is 2.37. The number of rotatable bonds is 7. The van der Waals surface area contributed by atoms with Crippen molar-refractivity contribution in [1.82, 2.24) is 0 Å². The van der Waals surface area contributed by atoms with Gasteiger partial charge < -0.3 is 14.8 Å². The van der Waals surface area contributed by atoms with E-state index in [1.165, 1.54) is 16.8 Å². The molecule has 0 spiro atoms. The Morgan fingerprint density at radius 2 is 1.82 bits per heavy atom. The van der Waals surface area contributed by atoms with Crippen LogP contribution in [0, 0.1) is 9.49 Å². The van der Waals surface area contributed by atoms with Crippen molar-refractivity contribution >= 4 is 56.1 Å². The third kappa shape index (κ3) is 5.63. The molecule has 4 aromatic rings. The Bertz CT molecular complexity index is 1530. The summed E-state index contributed by atoms with van der Waals surface area (Å²) in [5, 5.41) is 3.80. The van der Waals surface area contributed by atoms with Crippen molar-refractivity contribution in [2.75, 3.05) is 12.4 Å². The van der Waals surface area contributed by atoms with Crippen LogP contribution >= 0.6 is 38.5 Å². The molecule has 4 nitrogen and oxygen atoms in total. The van der Waals surface area contributed by atoms with Gasteiger partial charge in [-0.1, -0.05) is 70.5 Å². The van der Waals surface area contributed by atoms with Crippen molar-refractivity contribution < 1.29 is 9.47 Å². The molecular weight excluding hydrogens is 663 g/mol. The van der Waals surface area contributed by atoms with E-state index >= 15 is 0 Å². The molecule has 2 aliphatic rings. The maximum absolute atomic E-state index is 6.12. The maximum Gasteiger partial charge on any atom is 0.174 e. The summed E-state index contributed by atoms with van der Waals surface area (Å²) in [6, 6.07) is 29.7. The molecule has 0 fully saturated rings. The molecule has 1 N–H and O–H groups in total. The van der Waals surface area contributed by atoms with Crippen LogP contribution in [0.4, 0.5) is 11.4 Å². The van der Waals surface area contributed by atoms with Gasteiger partial charge in [-0.15, -0.1) is 0 Å². The van der Waals surface area contributed by atoms with Gasteiger partial charge in [-0.25, -0.2) is 0 Å². The molecule has 0 unspecified atom stereocenters. The summed E-state index contributed by atoms with van der Waals surface area (Å²) in [6.07, 6.45) is 7.68. The summed E-state index contributed by atoms with van der Waals surface area (Å²) in [4.78, 5) is 4.75. The zero-order chi connectivity index (χ0) is 26.8. The van der Waals surface area contributed by atoms with Gasteiger partial charge in [0.2, 0.25) is 0 Å². The predicted octanol–water partition coefficient (Wildman–Crippen LogP) is 9.22. The summed E-state index contributed by atoms with van der Waals surface area (Å²) >= 11 is 5.77. The van der Waals surface area contributed by atoms with E-state index in [9.17, 15) is 0 Å². The standard InChI is InChI=1S/C33H28BrIN2O2/c1-38-31-18-22(17-29(35)33(31)39-20-21-9-13-24(34)14-10-21)19-36-25-15-11-23(12-16-25)32-28-7-4-6-26(28)27-5-2-3-8-30(27)37-32/h2-6,8-19,26,28,32,37H,7,20H2,1H3/t26-,28-,32-/m0/s1. The molecule has 1 aliphatic carbocycles. The van der Waals surface area contributed by atoms with Crippen LogP contribution in [0.1, 0.15) is 40.6 Å². The molecule has 3 atom stereocenters. The topological polar surface area (TPSA) is 42.8 Å². The lowest BCUT2D eigenvalue weighted by Crippen LogP contribution is -2.28. The number of aliphatic imine (C=N–C) groups is 1. The molecule has 6 heteroatoms. The Labute approximate surface area is 251 Å². The van der Waals surface area contributed by atoms with Crippen molar-refractivity contribution in [3.63, 3.8) is 0 Å². The summed E-state index contributed by atoms with van der Waals surface area (Å²) in [5.41, 5.74) is 6.92. The second-order valence-electron chi connectivity index (χ2n) is 9.86. The number of hydrogen-bond acceptors (Lipinski definition) is 4. The van der Waals surface area contributed by atoms with E-state index in [2.05, 4.69) is 111 Å². The van der Waals surface area contributed by atoms with Crippen LogP contribution in [0.2, 0.25) is 0 Å². The number of allylic oxidation sites excluding steroid dienone is 2. The molecule has 1 heterocycles. The average Bonchev–Trinajstić information content (AvgIpc) is 3.46. The number of nitrogens with zero attached hydrogens (tertiary/aromatic N) is 1. The number of nitrogens with one attached hydrogen (secondary N) is 1. The van der Waals surface area contributed by atoms with Gasteiger partial charge in [0, 0.05) is 22.3 Å². The highest BCUT2D eigenvalue weighted by Crippen LogP contribution is 2.49. The summed E-state index contributed by atoms with van der Waals surface area (Å²) in [5.74, 6) is 2.45. The fraction of sp³-hybridized carbons (Fsp3) is 0.182. The lowest BCUT2D eigenvalue weighted by Gasteiger charge is -2.37. The van der Waals surface area contributed by atoms with Gasteiger partial charge in [0.15, 0.2) is 11.5 Å². The van der Waals surface area contributed by atoms with Gasteiger partial charge in [0.25, 0.3) is 0 Å². The van der Waals surface area contributed by atoms with Crippen LogP contribution in [0.25, 0.3) is 0 Å². The predicted molar refractivity (Wildman–Crippen MR) is 171 cm³/mol. The van der Waals surface area contributed by atoms with Crippen molar-refractivity contribution in [2.24, 2.45) is 10.9 Å². The van der Waals surface area contributed by atoms with Crippen LogP contribution in [0.5, 0.6) is 11.5 Å². The van der Waals surface area contributed by atoms with Crippen LogP contribution in [0.3, 0.4) is 0 Å². The van der Waals surface area contributed by atoms with E-state index in [0.29, 0.717) is 24.2 Å². The quantitative estimate of drug-likeness (QED) is 0.119. The van der Waals surface area contributed by atoms with E-state index in [1.54, 1.807) is 7.11 Å². The molecule has 1 aliphatic heterocycles. The Balaban J connectivity index is 1.16. The first-order valence-corrected chi connectivity index (χ1v) is 14.9. The van der Waals surface area contributed by atoms with Crippen LogP contribution in [-0.4, -0.2) is 13.3 Å². The SMILES string of the molecule is COc1cc(C=Nc2ccc([C@@H]3Nc4ccccc4[C@@H]4C=CC[C@@H]43)cc2)cc(I)c1OCc1ccc(Br)cc1. The number of para-hydroxylation sites is 1. The third-order valence-electron chi connectivity index (χ3n) is 7.44. The lowest BCUT2D eigenvalue weighted by atomic mass is 9.77. The molecule has 4 aromatic carbocycles. The summed E-state index contributed by atoms with van der Waals surface area (Å²) in [6.45, 7) is 0.471. The van der Waals surface area contributed by atoms with Crippen molar-refractivity contribution in [1.29, 1.82) is 0 Å².